The van der Waals surface area contributed by atoms with Crippen LogP contribution in [0.2, 0.25) is 0 Å². The Bertz CT molecular complexity index is 407. The van der Waals surface area contributed by atoms with Gasteiger partial charge in [0.25, 0.3) is 0 Å². The number of rotatable bonds is 3. The fourth-order valence-corrected chi connectivity index (χ4v) is 3.54. The van der Waals surface area contributed by atoms with Gasteiger partial charge in [0.2, 0.25) is 0 Å². The van der Waals surface area contributed by atoms with Gasteiger partial charge in [-0.25, -0.2) is 0 Å². The molecule has 0 aliphatic heterocycles. The maximum absolute atomic E-state index is 10.4. The van der Waals surface area contributed by atoms with Gasteiger partial charge >= 0.3 is 0 Å². The molecular formula is C20H29O4Y3-3. The van der Waals surface area contributed by atoms with Crippen molar-refractivity contribution in [2.45, 2.75) is 71.6 Å². The summed E-state index contributed by atoms with van der Waals surface area (Å²) < 4.78 is 0. The average molecular weight is 600 g/mol. The Kier molecular flexibility index (Phi) is 24.8. The molecule has 0 N–H and O–H groups in total. The minimum Gasteiger partial charge on any atom is -0.542 e. The quantitative estimate of drug-likeness (QED) is 0.466. The topological polar surface area (TPSA) is 68.3 Å². The summed E-state index contributed by atoms with van der Waals surface area (Å²) in [5, 5.41) is 0. The second kappa shape index (κ2) is 19.9. The molecule has 3 fully saturated rings. The maximum Gasteiger partial charge on any atom is 0.130 e. The van der Waals surface area contributed by atoms with E-state index in [4.69, 9.17) is 0 Å². The zero-order valence-electron chi connectivity index (χ0n) is 16.6. The molecule has 4 nitrogen and oxygen atoms in total. The van der Waals surface area contributed by atoms with E-state index in [9.17, 15) is 19.2 Å². The van der Waals surface area contributed by atoms with Crippen LogP contribution in [-0.2, 0) is 117 Å². The number of carbonyl (C=O) groups excluding carboxylic acids is 4. The molecule has 3 rings (SSSR count). The van der Waals surface area contributed by atoms with E-state index >= 15 is 0 Å². The molecule has 5 unspecified atom stereocenters. The van der Waals surface area contributed by atoms with Gasteiger partial charge in [0.1, 0.15) is 5.78 Å². The largest absolute Gasteiger partial charge is 0.542 e. The van der Waals surface area contributed by atoms with Crippen molar-refractivity contribution in [2.24, 2.45) is 29.6 Å². The molecule has 3 saturated carbocycles. The Morgan fingerprint density at radius 1 is 0.667 bits per heavy atom. The molecule has 145 valence electrons. The third-order valence-electron chi connectivity index (χ3n) is 5.14. The number of Topliss-reactive ketones (excluding diaryl/α,β-unsaturated/α-hetero) is 1. The first-order valence-corrected chi connectivity index (χ1v) is 9.13. The second-order valence-electron chi connectivity index (χ2n) is 7.56. The molecule has 5 atom stereocenters. The van der Waals surface area contributed by atoms with Gasteiger partial charge in [0, 0.05) is 105 Å². The van der Waals surface area contributed by atoms with E-state index in [2.05, 4.69) is 13.8 Å². The van der Waals surface area contributed by atoms with Crippen molar-refractivity contribution in [1.29, 1.82) is 0 Å². The predicted octanol–water partition coefficient (Wildman–Crippen LogP) is 3.52. The summed E-state index contributed by atoms with van der Waals surface area (Å²) in [6, 6.07) is 0. The van der Waals surface area contributed by atoms with Gasteiger partial charge in [-0.2, -0.15) is 0 Å². The minimum atomic E-state index is -0.0810. The van der Waals surface area contributed by atoms with Gasteiger partial charge < -0.3 is 14.4 Å². The van der Waals surface area contributed by atoms with Crippen LogP contribution in [-0.4, -0.2) is 24.6 Å². The molecule has 0 spiro atoms. The molecule has 0 heterocycles. The smallest absolute Gasteiger partial charge is 0.130 e. The molecule has 3 aliphatic rings. The van der Waals surface area contributed by atoms with Crippen LogP contribution in [0.15, 0.2) is 0 Å². The van der Waals surface area contributed by atoms with Gasteiger partial charge in [0.05, 0.1) is 0 Å². The van der Waals surface area contributed by atoms with Crippen LogP contribution < -0.4 is 0 Å². The van der Waals surface area contributed by atoms with Crippen molar-refractivity contribution in [3.63, 3.8) is 0 Å². The third kappa shape index (κ3) is 15.4. The molecule has 0 aromatic rings. The normalized spacial score (nSPS) is 30.7. The fourth-order valence-electron chi connectivity index (χ4n) is 3.54. The van der Waals surface area contributed by atoms with E-state index in [1.165, 1.54) is 12.8 Å². The van der Waals surface area contributed by atoms with Crippen LogP contribution in [0.3, 0.4) is 0 Å². The van der Waals surface area contributed by atoms with E-state index in [1.54, 1.807) is 0 Å². The fraction of sp³-hybridized carbons (Fsp3) is 0.800. The van der Waals surface area contributed by atoms with E-state index in [-0.39, 0.29) is 122 Å². The van der Waals surface area contributed by atoms with Crippen LogP contribution >= 0.6 is 0 Å². The predicted molar refractivity (Wildman–Crippen MR) is 92.4 cm³/mol. The molecule has 27 heavy (non-hydrogen) atoms. The van der Waals surface area contributed by atoms with E-state index < -0.39 is 0 Å². The Balaban J connectivity index is -0.000000303. The standard InChI is InChI=1S/2C7H11O.C6H7O2.3Y/c2*1-6-2-3-7(4-6)5-8;7-4-5-1-2-6(8)3-5;;;/h2*6-7H,2-4H2,1H3;5H,1-3H2;;;/q3*-1;;;. The summed E-state index contributed by atoms with van der Waals surface area (Å²) in [7, 11) is 0. The minimum absolute atomic E-state index is 0. The van der Waals surface area contributed by atoms with Gasteiger partial charge in [-0.1, -0.05) is 58.8 Å². The van der Waals surface area contributed by atoms with Crippen molar-refractivity contribution in [1.82, 2.24) is 0 Å². The van der Waals surface area contributed by atoms with E-state index in [0.717, 1.165) is 43.9 Å². The first-order chi connectivity index (χ1) is 11.5. The molecule has 7 heteroatoms. The Labute approximate surface area is 239 Å². The van der Waals surface area contributed by atoms with Crippen molar-refractivity contribution in [3.8, 4) is 0 Å². The first kappa shape index (κ1) is 33.6. The summed E-state index contributed by atoms with van der Waals surface area (Å²) in [5.41, 5.74) is 0. The van der Waals surface area contributed by atoms with Crippen molar-refractivity contribution in [2.75, 3.05) is 0 Å². The summed E-state index contributed by atoms with van der Waals surface area (Å²) in [6.07, 6.45) is 14.4. The molecule has 0 saturated heterocycles. The van der Waals surface area contributed by atoms with Crippen LogP contribution in [0.1, 0.15) is 71.6 Å². The zero-order chi connectivity index (χ0) is 17.9. The van der Waals surface area contributed by atoms with Gasteiger partial charge in [-0.3, -0.25) is 23.7 Å². The number of hydrogen-bond acceptors (Lipinski definition) is 4. The molecular weight excluding hydrogens is 571 g/mol. The van der Waals surface area contributed by atoms with Crippen LogP contribution in [0.5, 0.6) is 0 Å². The first-order valence-electron chi connectivity index (χ1n) is 9.13. The van der Waals surface area contributed by atoms with E-state index in [1.807, 2.05) is 18.9 Å². The van der Waals surface area contributed by atoms with E-state index in [0.29, 0.717) is 12.8 Å². The number of hydrogen-bond donors (Lipinski definition) is 0. The molecule has 0 bridgehead atoms. The Morgan fingerprint density at radius 3 is 1.22 bits per heavy atom. The Hall–Kier alpha value is 1.99. The van der Waals surface area contributed by atoms with Crippen molar-refractivity contribution in [3.05, 3.63) is 0 Å². The SMILES string of the molecule is CC1CCC([C-]=O)C1.CC1CCC([C-]=O)C1.O=[C-]C1CCC(=O)C1.[Y].[Y].[Y]. The molecule has 0 aromatic heterocycles. The summed E-state index contributed by atoms with van der Waals surface area (Å²) in [5.74, 6) is 2.19. The zero-order valence-corrected chi connectivity index (χ0v) is 25.1. The van der Waals surface area contributed by atoms with Gasteiger partial charge in [-0.05, 0) is 18.3 Å². The average Bonchev–Trinajstić information content (AvgIpc) is 3.30. The number of carbonyl (C=O) groups is 1. The third-order valence-corrected chi connectivity index (χ3v) is 5.14. The summed E-state index contributed by atoms with van der Waals surface area (Å²) in [6.45, 7) is 4.38. The van der Waals surface area contributed by atoms with Crippen LogP contribution in [0.25, 0.3) is 0 Å². The molecule has 3 radical (unpaired) electrons. The van der Waals surface area contributed by atoms with Gasteiger partial charge in [0.15, 0.2) is 0 Å². The Morgan fingerprint density at radius 2 is 1.07 bits per heavy atom. The number of ketones is 1. The van der Waals surface area contributed by atoms with Gasteiger partial charge in [-0.15, -0.1) is 17.8 Å². The molecule has 0 aromatic carbocycles. The summed E-state index contributed by atoms with van der Waals surface area (Å²) >= 11 is 0. The van der Waals surface area contributed by atoms with Crippen LogP contribution in [0.4, 0.5) is 0 Å². The van der Waals surface area contributed by atoms with Crippen LogP contribution in [0, 0.1) is 29.6 Å². The maximum atomic E-state index is 10.4. The molecule has 0 amide bonds. The monoisotopic (exact) mass is 600 g/mol. The summed E-state index contributed by atoms with van der Waals surface area (Å²) in [4.78, 5) is 40.4. The molecule has 3 aliphatic carbocycles. The second-order valence-corrected chi connectivity index (χ2v) is 7.56. The van der Waals surface area contributed by atoms with Crippen molar-refractivity contribution >= 4 is 24.6 Å². The van der Waals surface area contributed by atoms with Crippen molar-refractivity contribution < 1.29 is 117 Å².